The molecule has 2 atom stereocenters. The van der Waals surface area contributed by atoms with Crippen molar-refractivity contribution in [1.82, 2.24) is 10.2 Å². The van der Waals surface area contributed by atoms with E-state index < -0.39 is 9.84 Å². The Morgan fingerprint density at radius 2 is 1.90 bits per heavy atom. The lowest BCUT2D eigenvalue weighted by molar-refractivity contribution is 0.0100. The lowest BCUT2D eigenvalue weighted by Crippen LogP contribution is -2.69. The predicted molar refractivity (Wildman–Crippen MR) is 83.7 cm³/mol. The van der Waals surface area contributed by atoms with Gasteiger partial charge < -0.3 is 5.32 Å². The van der Waals surface area contributed by atoms with E-state index in [0.29, 0.717) is 12.3 Å². The van der Waals surface area contributed by atoms with Crippen LogP contribution in [0.5, 0.6) is 0 Å². The second kappa shape index (κ2) is 5.58. The minimum atomic E-state index is -2.88. The number of hydrogen-bond acceptors (Lipinski definition) is 4. The van der Waals surface area contributed by atoms with Crippen molar-refractivity contribution in [3.8, 4) is 0 Å². The van der Waals surface area contributed by atoms with E-state index in [1.54, 1.807) is 6.92 Å². The Bertz CT molecular complexity index is 447. The monoisotopic (exact) mass is 302 g/mol. The van der Waals surface area contributed by atoms with Gasteiger partial charge in [-0.15, -0.1) is 0 Å². The molecule has 4 nitrogen and oxygen atoms in total. The summed E-state index contributed by atoms with van der Waals surface area (Å²) in [6.45, 7) is 11.1. The van der Waals surface area contributed by atoms with Gasteiger partial charge in [-0.1, -0.05) is 13.8 Å². The van der Waals surface area contributed by atoms with Gasteiger partial charge in [0.25, 0.3) is 0 Å². The van der Waals surface area contributed by atoms with Crippen molar-refractivity contribution in [2.75, 3.05) is 31.1 Å². The first-order valence-corrected chi connectivity index (χ1v) is 9.77. The van der Waals surface area contributed by atoms with Crippen molar-refractivity contribution in [2.24, 2.45) is 5.92 Å². The van der Waals surface area contributed by atoms with Gasteiger partial charge in [0, 0.05) is 36.5 Å². The number of rotatable bonds is 6. The molecule has 5 heteroatoms. The van der Waals surface area contributed by atoms with Gasteiger partial charge in [-0.3, -0.25) is 4.90 Å². The molecule has 2 unspecified atom stereocenters. The Morgan fingerprint density at radius 3 is 2.40 bits per heavy atom. The van der Waals surface area contributed by atoms with Crippen molar-refractivity contribution in [2.45, 2.75) is 58.0 Å². The normalized spacial score (nSPS) is 36.2. The first-order chi connectivity index (χ1) is 9.25. The third-order valence-electron chi connectivity index (χ3n) is 5.48. The summed E-state index contributed by atoms with van der Waals surface area (Å²) in [6, 6.07) is 0. The van der Waals surface area contributed by atoms with Crippen molar-refractivity contribution < 1.29 is 8.42 Å². The van der Waals surface area contributed by atoms with Gasteiger partial charge in [-0.25, -0.2) is 8.42 Å². The quantitative estimate of drug-likeness (QED) is 0.811. The summed E-state index contributed by atoms with van der Waals surface area (Å²) in [7, 11) is -2.88. The molecule has 1 aliphatic heterocycles. The van der Waals surface area contributed by atoms with Gasteiger partial charge in [0.15, 0.2) is 9.84 Å². The van der Waals surface area contributed by atoms with Gasteiger partial charge in [0.2, 0.25) is 0 Å². The molecular weight excluding hydrogens is 272 g/mol. The number of nitrogens with zero attached hydrogens (tertiary/aromatic N) is 1. The Hall–Kier alpha value is -0.130. The first-order valence-electron chi connectivity index (χ1n) is 7.95. The summed E-state index contributed by atoms with van der Waals surface area (Å²) < 4.78 is 23.7. The topological polar surface area (TPSA) is 49.4 Å². The van der Waals surface area contributed by atoms with Crippen LogP contribution in [0.4, 0.5) is 0 Å². The van der Waals surface area contributed by atoms with Gasteiger partial charge in [0.1, 0.15) is 0 Å². The Kier molecular flexibility index (Phi) is 4.53. The maximum absolute atomic E-state index is 11.8. The molecule has 118 valence electrons. The number of sulfone groups is 1. The van der Waals surface area contributed by atoms with Crippen LogP contribution in [0.3, 0.4) is 0 Å². The van der Waals surface area contributed by atoms with Crippen molar-refractivity contribution in [3.05, 3.63) is 0 Å². The van der Waals surface area contributed by atoms with Crippen LogP contribution in [0.1, 0.15) is 47.0 Å². The molecule has 0 aromatic carbocycles. The fourth-order valence-electron chi connectivity index (χ4n) is 3.23. The average Bonchev–Trinajstić information content (AvgIpc) is 3.25. The number of nitrogens with one attached hydrogen (secondary N) is 1. The third kappa shape index (κ3) is 3.37. The smallest absolute Gasteiger partial charge is 0.151 e. The summed E-state index contributed by atoms with van der Waals surface area (Å²) in [5.41, 5.74) is 0.252. The lowest BCUT2D eigenvalue weighted by Gasteiger charge is -2.52. The predicted octanol–water partition coefficient (Wildman–Crippen LogP) is 1.66. The molecule has 0 radical (unpaired) electrons. The van der Waals surface area contributed by atoms with Crippen LogP contribution in [0.15, 0.2) is 0 Å². The van der Waals surface area contributed by atoms with Crippen molar-refractivity contribution in [1.29, 1.82) is 0 Å². The highest BCUT2D eigenvalue weighted by Gasteiger charge is 2.50. The lowest BCUT2D eigenvalue weighted by atomic mass is 9.84. The number of hydrogen-bond donors (Lipinski definition) is 1. The minimum Gasteiger partial charge on any atom is -0.308 e. The van der Waals surface area contributed by atoms with Crippen LogP contribution < -0.4 is 5.32 Å². The van der Waals surface area contributed by atoms with Crippen LogP contribution in [0, 0.1) is 5.92 Å². The zero-order valence-corrected chi connectivity index (χ0v) is 14.2. The molecular formula is C15H30N2O2S. The summed E-state index contributed by atoms with van der Waals surface area (Å²) in [5.74, 6) is 1.29. The second-order valence-electron chi connectivity index (χ2n) is 7.06. The molecule has 1 N–H and O–H groups in total. The minimum absolute atomic E-state index is 0.115. The molecule has 2 fully saturated rings. The maximum Gasteiger partial charge on any atom is 0.151 e. The molecule has 2 aliphatic rings. The van der Waals surface area contributed by atoms with Crippen LogP contribution in [0.2, 0.25) is 0 Å². The first kappa shape index (κ1) is 16.2. The van der Waals surface area contributed by atoms with Crippen LogP contribution in [-0.4, -0.2) is 55.5 Å². The van der Waals surface area contributed by atoms with Crippen LogP contribution in [-0.2, 0) is 9.84 Å². The summed E-state index contributed by atoms with van der Waals surface area (Å²) in [6.07, 6.45) is 3.65. The molecule has 0 spiro atoms. The van der Waals surface area contributed by atoms with Crippen LogP contribution >= 0.6 is 0 Å². The number of piperazine rings is 1. The SMILES string of the molecule is CCC1(C)CN(CCS(=O)(=O)CC)C(C)(C2CC2)CN1. The summed E-state index contributed by atoms with van der Waals surface area (Å²) in [5, 5.41) is 3.71. The molecule has 1 saturated carbocycles. The molecule has 1 heterocycles. The highest BCUT2D eigenvalue weighted by atomic mass is 32.2. The zero-order chi connectivity index (χ0) is 15.0. The van der Waals surface area contributed by atoms with E-state index in [2.05, 4.69) is 31.0 Å². The van der Waals surface area contributed by atoms with Gasteiger partial charge in [-0.05, 0) is 39.0 Å². The highest BCUT2D eigenvalue weighted by molar-refractivity contribution is 7.91. The van der Waals surface area contributed by atoms with E-state index >= 15 is 0 Å². The highest BCUT2D eigenvalue weighted by Crippen LogP contribution is 2.45. The van der Waals surface area contributed by atoms with E-state index in [9.17, 15) is 8.42 Å². The van der Waals surface area contributed by atoms with Crippen molar-refractivity contribution in [3.63, 3.8) is 0 Å². The third-order valence-corrected chi connectivity index (χ3v) is 7.17. The molecule has 0 aromatic heterocycles. The molecule has 2 rings (SSSR count). The summed E-state index contributed by atoms with van der Waals surface area (Å²) >= 11 is 0. The molecule has 0 aromatic rings. The van der Waals surface area contributed by atoms with E-state index in [0.717, 1.165) is 25.4 Å². The molecule has 20 heavy (non-hydrogen) atoms. The standard InChI is InChI=1S/C15H30N2O2S/c1-5-14(3)12-17(9-10-20(18,19)6-2)15(4,11-16-14)13-7-8-13/h13,16H,5-12H2,1-4H3. The summed E-state index contributed by atoms with van der Waals surface area (Å²) in [4.78, 5) is 2.46. The van der Waals surface area contributed by atoms with Gasteiger partial charge in [-0.2, -0.15) is 0 Å². The Morgan fingerprint density at radius 1 is 1.25 bits per heavy atom. The molecule has 0 bridgehead atoms. The van der Waals surface area contributed by atoms with E-state index in [-0.39, 0.29) is 16.8 Å². The Labute approximate surface area is 124 Å². The van der Waals surface area contributed by atoms with E-state index in [1.165, 1.54) is 12.8 Å². The van der Waals surface area contributed by atoms with Gasteiger partial charge in [0.05, 0.1) is 5.75 Å². The molecule has 0 amide bonds. The van der Waals surface area contributed by atoms with Crippen molar-refractivity contribution >= 4 is 9.84 Å². The largest absolute Gasteiger partial charge is 0.308 e. The molecule has 1 aliphatic carbocycles. The molecule has 1 saturated heterocycles. The fourth-order valence-corrected chi connectivity index (χ4v) is 4.02. The average molecular weight is 302 g/mol. The Balaban J connectivity index is 2.10. The van der Waals surface area contributed by atoms with Crippen LogP contribution in [0.25, 0.3) is 0 Å². The van der Waals surface area contributed by atoms with E-state index in [4.69, 9.17) is 0 Å². The second-order valence-corrected chi connectivity index (χ2v) is 9.53. The van der Waals surface area contributed by atoms with Gasteiger partial charge >= 0.3 is 0 Å². The van der Waals surface area contributed by atoms with E-state index in [1.807, 2.05) is 0 Å². The fraction of sp³-hybridized carbons (Fsp3) is 1.00. The zero-order valence-electron chi connectivity index (χ0n) is 13.4. The maximum atomic E-state index is 11.8.